The molecule has 0 fully saturated rings. The molecular weight excluding hydrogens is 326 g/mol. The Morgan fingerprint density at radius 1 is 1.27 bits per heavy atom. The standard InChI is InChI=1S/C15H8F2N2OS2/c1-7-14(13(20)12-3-2-4-21-12)22-15-18-10-5-8(16)9(17)6-11(10)19(7)15/h2-6H,1H3. The first kappa shape index (κ1) is 13.5. The molecule has 0 N–H and O–H groups in total. The first-order chi connectivity index (χ1) is 10.6. The summed E-state index contributed by atoms with van der Waals surface area (Å²) in [7, 11) is 0. The molecule has 0 aliphatic heterocycles. The molecule has 0 amide bonds. The number of rotatable bonds is 2. The summed E-state index contributed by atoms with van der Waals surface area (Å²) in [6.07, 6.45) is 0. The predicted molar refractivity (Wildman–Crippen MR) is 83.0 cm³/mol. The smallest absolute Gasteiger partial charge is 0.214 e. The Hall–Kier alpha value is -2.12. The van der Waals surface area contributed by atoms with Gasteiger partial charge in [-0.15, -0.1) is 11.3 Å². The van der Waals surface area contributed by atoms with Gasteiger partial charge in [0.1, 0.15) is 0 Å². The molecule has 1 aromatic carbocycles. The molecule has 0 bridgehead atoms. The second kappa shape index (κ2) is 4.69. The van der Waals surface area contributed by atoms with Crippen molar-refractivity contribution in [1.29, 1.82) is 0 Å². The Bertz CT molecular complexity index is 1030. The number of hydrogen-bond acceptors (Lipinski definition) is 4. The molecule has 110 valence electrons. The Morgan fingerprint density at radius 2 is 2.05 bits per heavy atom. The number of carbonyl (C=O) groups is 1. The molecule has 3 aromatic heterocycles. The maximum Gasteiger partial charge on any atom is 0.214 e. The number of benzene rings is 1. The summed E-state index contributed by atoms with van der Waals surface area (Å²) in [6.45, 7) is 1.78. The molecule has 0 saturated carbocycles. The van der Waals surface area contributed by atoms with E-state index in [0.717, 1.165) is 12.1 Å². The zero-order chi connectivity index (χ0) is 15.4. The second-order valence-corrected chi connectivity index (χ2v) is 6.73. The van der Waals surface area contributed by atoms with Gasteiger partial charge in [0.25, 0.3) is 0 Å². The van der Waals surface area contributed by atoms with Crippen molar-refractivity contribution in [2.75, 3.05) is 0 Å². The van der Waals surface area contributed by atoms with E-state index in [9.17, 15) is 13.6 Å². The van der Waals surface area contributed by atoms with E-state index >= 15 is 0 Å². The van der Waals surface area contributed by atoms with Gasteiger partial charge in [-0.2, -0.15) is 0 Å². The van der Waals surface area contributed by atoms with E-state index in [0.29, 0.717) is 31.4 Å². The zero-order valence-corrected chi connectivity index (χ0v) is 12.9. The summed E-state index contributed by atoms with van der Waals surface area (Å²) < 4.78 is 28.5. The van der Waals surface area contributed by atoms with E-state index in [1.807, 2.05) is 11.4 Å². The average molecular weight is 334 g/mol. The van der Waals surface area contributed by atoms with Gasteiger partial charge in [-0.1, -0.05) is 17.4 Å². The minimum Gasteiger partial charge on any atom is -0.287 e. The Labute approximate surface area is 131 Å². The lowest BCUT2D eigenvalue weighted by Gasteiger charge is -1.99. The summed E-state index contributed by atoms with van der Waals surface area (Å²) in [5.74, 6) is -1.92. The molecule has 22 heavy (non-hydrogen) atoms. The van der Waals surface area contributed by atoms with Crippen LogP contribution in [0.25, 0.3) is 16.0 Å². The van der Waals surface area contributed by atoms with Crippen molar-refractivity contribution in [3.8, 4) is 0 Å². The zero-order valence-electron chi connectivity index (χ0n) is 11.3. The number of hydrogen-bond donors (Lipinski definition) is 0. The number of thiophene rings is 1. The average Bonchev–Trinajstić information content (AvgIpc) is 3.17. The van der Waals surface area contributed by atoms with Gasteiger partial charge in [0.2, 0.25) is 5.78 Å². The summed E-state index contributed by atoms with van der Waals surface area (Å²) >= 11 is 2.60. The molecule has 4 rings (SSSR count). The highest BCUT2D eigenvalue weighted by atomic mass is 32.1. The quantitative estimate of drug-likeness (QED) is 0.508. The fourth-order valence-corrected chi connectivity index (χ4v) is 4.27. The highest BCUT2D eigenvalue weighted by Gasteiger charge is 2.21. The SMILES string of the molecule is Cc1c(C(=O)c2cccs2)sc2nc3cc(F)c(F)cc3n12. The number of fused-ring (bicyclic) bond motifs is 3. The number of carbonyl (C=O) groups excluding carboxylic acids is 1. The monoisotopic (exact) mass is 334 g/mol. The Morgan fingerprint density at radius 3 is 2.77 bits per heavy atom. The van der Waals surface area contributed by atoms with Gasteiger partial charge in [0, 0.05) is 17.8 Å². The molecule has 0 aliphatic rings. The van der Waals surface area contributed by atoms with Gasteiger partial charge in [-0.05, 0) is 18.4 Å². The highest BCUT2D eigenvalue weighted by molar-refractivity contribution is 7.20. The molecule has 0 radical (unpaired) electrons. The second-order valence-electron chi connectivity index (χ2n) is 4.81. The molecule has 3 nitrogen and oxygen atoms in total. The topological polar surface area (TPSA) is 34.4 Å². The van der Waals surface area contributed by atoms with E-state index in [1.165, 1.54) is 22.7 Å². The van der Waals surface area contributed by atoms with Crippen LogP contribution in [0.3, 0.4) is 0 Å². The van der Waals surface area contributed by atoms with Crippen molar-refractivity contribution in [1.82, 2.24) is 9.38 Å². The molecule has 3 heterocycles. The van der Waals surface area contributed by atoms with Crippen molar-refractivity contribution in [3.05, 3.63) is 56.7 Å². The fraction of sp³-hybridized carbons (Fsp3) is 0.0667. The van der Waals surface area contributed by atoms with Gasteiger partial charge in [-0.25, -0.2) is 13.8 Å². The summed E-state index contributed by atoms with van der Waals surface area (Å²) in [5, 5.41) is 1.84. The van der Waals surface area contributed by atoms with Gasteiger partial charge < -0.3 is 0 Å². The lowest BCUT2D eigenvalue weighted by atomic mass is 10.2. The van der Waals surface area contributed by atoms with E-state index in [2.05, 4.69) is 4.98 Å². The summed E-state index contributed by atoms with van der Waals surface area (Å²) in [4.78, 5) is 18.6. The number of aryl methyl sites for hydroxylation is 1. The van der Waals surface area contributed by atoms with Crippen LogP contribution in [0.5, 0.6) is 0 Å². The number of thiazole rings is 1. The summed E-state index contributed by atoms with van der Waals surface area (Å²) in [5.41, 5.74) is 1.53. The van der Waals surface area contributed by atoms with E-state index in [1.54, 1.807) is 17.4 Å². The minimum atomic E-state index is -0.925. The van der Waals surface area contributed by atoms with Gasteiger partial charge in [0.15, 0.2) is 16.6 Å². The third kappa shape index (κ3) is 1.82. The predicted octanol–water partition coefficient (Wildman–Crippen LogP) is 4.43. The van der Waals surface area contributed by atoms with Crippen molar-refractivity contribution >= 4 is 44.5 Å². The number of nitrogens with zero attached hydrogens (tertiary/aromatic N) is 2. The van der Waals surface area contributed by atoms with Gasteiger partial charge >= 0.3 is 0 Å². The van der Waals surface area contributed by atoms with E-state index in [-0.39, 0.29) is 5.78 Å². The largest absolute Gasteiger partial charge is 0.287 e. The van der Waals surface area contributed by atoms with Crippen LogP contribution in [0.4, 0.5) is 8.78 Å². The maximum absolute atomic E-state index is 13.5. The van der Waals surface area contributed by atoms with Crippen LogP contribution in [-0.2, 0) is 0 Å². The molecule has 0 saturated heterocycles. The lowest BCUT2D eigenvalue weighted by Crippen LogP contribution is -1.99. The number of imidazole rings is 1. The number of ketones is 1. The number of aromatic nitrogens is 2. The number of halogens is 2. The van der Waals surface area contributed by atoms with Gasteiger partial charge in [-0.3, -0.25) is 9.20 Å². The van der Waals surface area contributed by atoms with Crippen LogP contribution in [0.2, 0.25) is 0 Å². The molecular formula is C15H8F2N2OS2. The normalized spacial score (nSPS) is 11.6. The Balaban J connectivity index is 1.98. The van der Waals surface area contributed by atoms with Crippen LogP contribution in [-0.4, -0.2) is 15.2 Å². The highest BCUT2D eigenvalue weighted by Crippen LogP contribution is 2.31. The van der Waals surface area contributed by atoms with Crippen molar-refractivity contribution in [3.63, 3.8) is 0 Å². The molecule has 0 unspecified atom stereocenters. The summed E-state index contributed by atoms with van der Waals surface area (Å²) in [6, 6.07) is 5.77. The maximum atomic E-state index is 13.5. The molecule has 0 aliphatic carbocycles. The van der Waals surface area contributed by atoms with Crippen LogP contribution in [0, 0.1) is 18.6 Å². The lowest BCUT2D eigenvalue weighted by molar-refractivity contribution is 0.104. The Kier molecular flexibility index (Phi) is 2.88. The molecule has 7 heteroatoms. The van der Waals surface area contributed by atoms with Gasteiger partial charge in [0.05, 0.1) is 20.8 Å². The fourth-order valence-electron chi connectivity index (χ4n) is 2.44. The molecule has 4 aromatic rings. The van der Waals surface area contributed by atoms with Crippen molar-refractivity contribution < 1.29 is 13.6 Å². The van der Waals surface area contributed by atoms with Crippen molar-refractivity contribution in [2.24, 2.45) is 0 Å². The first-order valence-corrected chi connectivity index (χ1v) is 8.10. The van der Waals surface area contributed by atoms with Crippen molar-refractivity contribution in [2.45, 2.75) is 6.92 Å². The van der Waals surface area contributed by atoms with E-state index in [4.69, 9.17) is 0 Å². The third-order valence-corrected chi connectivity index (χ3v) is 5.48. The van der Waals surface area contributed by atoms with Crippen LogP contribution in [0.15, 0.2) is 29.6 Å². The molecule has 0 spiro atoms. The van der Waals surface area contributed by atoms with Crippen LogP contribution < -0.4 is 0 Å². The van der Waals surface area contributed by atoms with E-state index < -0.39 is 11.6 Å². The first-order valence-electron chi connectivity index (χ1n) is 6.41. The van der Waals surface area contributed by atoms with Crippen LogP contribution >= 0.6 is 22.7 Å². The third-order valence-electron chi connectivity index (χ3n) is 3.47. The molecule has 0 atom stereocenters. The minimum absolute atomic E-state index is 0.0706. The van der Waals surface area contributed by atoms with Crippen LogP contribution in [0.1, 0.15) is 20.2 Å².